The van der Waals surface area contributed by atoms with E-state index in [2.05, 4.69) is 5.32 Å². The van der Waals surface area contributed by atoms with Crippen molar-refractivity contribution in [3.05, 3.63) is 35.4 Å². The summed E-state index contributed by atoms with van der Waals surface area (Å²) in [5.74, 6) is -1.61. The molecule has 1 rings (SSSR count). The fourth-order valence-electron chi connectivity index (χ4n) is 1.96. The van der Waals surface area contributed by atoms with E-state index in [4.69, 9.17) is 5.11 Å². The summed E-state index contributed by atoms with van der Waals surface area (Å²) in [4.78, 5) is 35.3. The molecule has 1 aromatic rings. The smallest absolute Gasteiger partial charge is 0.305 e. The maximum absolute atomic E-state index is 11.9. The van der Waals surface area contributed by atoms with Crippen molar-refractivity contribution in [1.82, 2.24) is 10.2 Å². The summed E-state index contributed by atoms with van der Waals surface area (Å²) in [6.07, 6.45) is -0.208. The molecule has 0 aliphatic rings. The van der Waals surface area contributed by atoms with Gasteiger partial charge in [0, 0.05) is 14.0 Å². The van der Waals surface area contributed by atoms with Gasteiger partial charge >= 0.3 is 5.97 Å². The Hall–Kier alpha value is -2.37. The van der Waals surface area contributed by atoms with Gasteiger partial charge in [0.25, 0.3) is 0 Å². The molecule has 0 saturated carbocycles. The van der Waals surface area contributed by atoms with Crippen LogP contribution in [0.25, 0.3) is 0 Å². The highest BCUT2D eigenvalue weighted by atomic mass is 16.4. The predicted molar refractivity (Wildman–Crippen MR) is 77.6 cm³/mol. The quantitative estimate of drug-likeness (QED) is 0.822. The monoisotopic (exact) mass is 292 g/mol. The third-order valence-electron chi connectivity index (χ3n) is 3.20. The molecule has 1 unspecified atom stereocenters. The minimum atomic E-state index is -0.997. The van der Waals surface area contributed by atoms with Crippen molar-refractivity contribution in [2.75, 3.05) is 13.6 Å². The van der Waals surface area contributed by atoms with E-state index in [0.29, 0.717) is 0 Å². The first kappa shape index (κ1) is 16.7. The Morgan fingerprint density at radius 3 is 2.43 bits per heavy atom. The van der Waals surface area contributed by atoms with E-state index in [1.54, 1.807) is 12.1 Å². The van der Waals surface area contributed by atoms with Gasteiger partial charge in [-0.2, -0.15) is 0 Å². The first-order valence-corrected chi connectivity index (χ1v) is 6.59. The second-order valence-corrected chi connectivity index (χ2v) is 4.95. The molecule has 0 spiro atoms. The number of carbonyl (C=O) groups excluding carboxylic acids is 2. The van der Waals surface area contributed by atoms with E-state index < -0.39 is 12.0 Å². The molecule has 6 heteroatoms. The zero-order valence-electron chi connectivity index (χ0n) is 12.4. The molecular weight excluding hydrogens is 272 g/mol. The number of amides is 2. The van der Waals surface area contributed by atoms with Crippen molar-refractivity contribution in [3.8, 4) is 0 Å². The van der Waals surface area contributed by atoms with Crippen molar-refractivity contribution in [1.29, 1.82) is 0 Å². The maximum Gasteiger partial charge on any atom is 0.305 e. The highest BCUT2D eigenvalue weighted by molar-refractivity contribution is 5.84. The van der Waals surface area contributed by atoms with E-state index in [1.807, 2.05) is 19.1 Å². The van der Waals surface area contributed by atoms with Crippen LogP contribution in [0.5, 0.6) is 0 Å². The van der Waals surface area contributed by atoms with Gasteiger partial charge in [0.05, 0.1) is 19.0 Å². The lowest BCUT2D eigenvalue weighted by Crippen LogP contribution is -2.39. The first-order chi connectivity index (χ1) is 9.81. The van der Waals surface area contributed by atoms with Gasteiger partial charge in [-0.3, -0.25) is 14.4 Å². The van der Waals surface area contributed by atoms with Crippen molar-refractivity contribution in [2.24, 2.45) is 0 Å². The topological polar surface area (TPSA) is 86.7 Å². The lowest BCUT2D eigenvalue weighted by Gasteiger charge is -2.21. The summed E-state index contributed by atoms with van der Waals surface area (Å²) in [6.45, 7) is 3.12. The molecule has 2 N–H and O–H groups in total. The number of aryl methyl sites for hydroxylation is 1. The normalized spacial score (nSPS) is 11.6. The van der Waals surface area contributed by atoms with Crippen LogP contribution in [0.15, 0.2) is 24.3 Å². The molecular formula is C15H20N2O4. The van der Waals surface area contributed by atoms with Gasteiger partial charge in [0.15, 0.2) is 0 Å². The number of hydrogen-bond donors (Lipinski definition) is 2. The number of hydrogen-bond acceptors (Lipinski definition) is 3. The van der Waals surface area contributed by atoms with Gasteiger partial charge in [-0.15, -0.1) is 0 Å². The fourth-order valence-corrected chi connectivity index (χ4v) is 1.96. The average Bonchev–Trinajstić information content (AvgIpc) is 2.37. The molecule has 114 valence electrons. The van der Waals surface area contributed by atoms with Gasteiger partial charge in [0.2, 0.25) is 11.8 Å². The van der Waals surface area contributed by atoms with Crippen LogP contribution in [0, 0.1) is 6.92 Å². The van der Waals surface area contributed by atoms with Gasteiger partial charge in [0.1, 0.15) is 0 Å². The summed E-state index contributed by atoms with van der Waals surface area (Å²) >= 11 is 0. The number of nitrogens with one attached hydrogen (secondary N) is 1. The van der Waals surface area contributed by atoms with E-state index in [1.165, 1.54) is 18.9 Å². The minimum Gasteiger partial charge on any atom is -0.481 e. The third kappa shape index (κ3) is 5.25. The summed E-state index contributed by atoms with van der Waals surface area (Å²) < 4.78 is 0. The van der Waals surface area contributed by atoms with Crippen LogP contribution in [-0.2, 0) is 14.4 Å². The van der Waals surface area contributed by atoms with Gasteiger partial charge in [-0.1, -0.05) is 24.3 Å². The maximum atomic E-state index is 11.9. The summed E-state index contributed by atoms with van der Waals surface area (Å²) in [6, 6.07) is 6.68. The number of carboxylic acid groups (broad SMARTS) is 1. The van der Waals surface area contributed by atoms with Crippen LogP contribution in [0.2, 0.25) is 0 Å². The van der Waals surface area contributed by atoms with Crippen LogP contribution in [-0.4, -0.2) is 41.4 Å². The van der Waals surface area contributed by atoms with Crippen molar-refractivity contribution in [3.63, 3.8) is 0 Å². The van der Waals surface area contributed by atoms with Crippen molar-refractivity contribution < 1.29 is 19.5 Å². The minimum absolute atomic E-state index is 0.0999. The third-order valence-corrected chi connectivity index (χ3v) is 3.20. The largest absolute Gasteiger partial charge is 0.481 e. The molecule has 0 heterocycles. The molecule has 0 aromatic heterocycles. The number of aliphatic carboxylic acids is 1. The Morgan fingerprint density at radius 2 is 1.90 bits per heavy atom. The molecule has 0 aliphatic heterocycles. The molecule has 2 amide bonds. The number of carboxylic acids is 1. The fraction of sp³-hybridized carbons (Fsp3) is 0.400. The molecule has 0 bridgehead atoms. The Bertz CT molecular complexity index is 542. The summed E-state index contributed by atoms with van der Waals surface area (Å²) in [5, 5.41) is 11.7. The predicted octanol–water partition coefficient (Wildman–Crippen LogP) is 1.11. The lowest BCUT2D eigenvalue weighted by molar-refractivity contribution is -0.138. The summed E-state index contributed by atoms with van der Waals surface area (Å²) in [7, 11) is 1.52. The second-order valence-electron chi connectivity index (χ2n) is 4.95. The van der Waals surface area contributed by atoms with Crippen LogP contribution in [0.3, 0.4) is 0 Å². The van der Waals surface area contributed by atoms with Gasteiger partial charge in [-0.05, 0) is 18.1 Å². The number of carbonyl (C=O) groups is 3. The highest BCUT2D eigenvalue weighted by Crippen LogP contribution is 2.20. The van der Waals surface area contributed by atoms with Crippen molar-refractivity contribution >= 4 is 17.8 Å². The summed E-state index contributed by atoms with van der Waals surface area (Å²) in [5.41, 5.74) is 1.67. The average molecular weight is 292 g/mol. The van der Waals surface area contributed by atoms with Crippen LogP contribution in [0.1, 0.15) is 30.5 Å². The number of rotatable bonds is 6. The van der Waals surface area contributed by atoms with Gasteiger partial charge < -0.3 is 15.3 Å². The molecule has 0 radical (unpaired) electrons. The van der Waals surface area contributed by atoms with E-state index in [9.17, 15) is 14.4 Å². The molecule has 1 aromatic carbocycles. The van der Waals surface area contributed by atoms with Crippen LogP contribution < -0.4 is 5.32 Å². The molecule has 1 atom stereocenters. The van der Waals surface area contributed by atoms with Gasteiger partial charge in [-0.25, -0.2) is 0 Å². The molecule has 0 fully saturated rings. The van der Waals surface area contributed by atoms with Crippen molar-refractivity contribution in [2.45, 2.75) is 26.3 Å². The number of benzene rings is 1. The zero-order valence-corrected chi connectivity index (χ0v) is 12.4. The molecule has 0 aliphatic carbocycles. The first-order valence-electron chi connectivity index (χ1n) is 6.59. The second kappa shape index (κ2) is 7.42. The number of likely N-dealkylation sites (N-methyl/N-ethyl adjacent to an activating group) is 1. The zero-order chi connectivity index (χ0) is 16.0. The van der Waals surface area contributed by atoms with Crippen LogP contribution in [0.4, 0.5) is 0 Å². The van der Waals surface area contributed by atoms with E-state index in [0.717, 1.165) is 11.1 Å². The highest BCUT2D eigenvalue weighted by Gasteiger charge is 2.20. The molecule has 6 nitrogen and oxygen atoms in total. The molecule has 0 saturated heterocycles. The molecule has 21 heavy (non-hydrogen) atoms. The Labute approximate surface area is 123 Å². The Kier molecular flexibility index (Phi) is 5.90. The lowest BCUT2D eigenvalue weighted by atomic mass is 9.99. The van der Waals surface area contributed by atoms with E-state index in [-0.39, 0.29) is 24.8 Å². The SMILES string of the molecule is CC(=O)N(C)CC(=O)NC(CC(=O)O)c1ccccc1C. The Balaban J connectivity index is 2.85. The van der Waals surface area contributed by atoms with Crippen LogP contribution >= 0.6 is 0 Å². The Morgan fingerprint density at radius 1 is 1.29 bits per heavy atom. The van der Waals surface area contributed by atoms with E-state index >= 15 is 0 Å². The standard InChI is InChI=1S/C15H20N2O4/c1-10-6-4-5-7-12(10)13(8-15(20)21)16-14(19)9-17(3)11(2)18/h4-7,13H,8-9H2,1-3H3,(H,16,19)(H,20,21). The number of nitrogens with zero attached hydrogens (tertiary/aromatic N) is 1.